The Bertz CT molecular complexity index is 534. The second-order valence-electron chi connectivity index (χ2n) is 3.20. The van der Waals surface area contributed by atoms with Crippen molar-refractivity contribution in [2.24, 2.45) is 4.99 Å². The maximum Gasteiger partial charge on any atom is 0.0816 e. The molecule has 2 N–H and O–H groups in total. The SMILES string of the molecule is C1=CNc2c([nH]c3ccccc23)C=N1. The monoisotopic (exact) mass is 183 g/mol. The molecule has 0 aliphatic carbocycles. The lowest BCUT2D eigenvalue weighted by Crippen LogP contribution is -1.88. The Labute approximate surface area is 81.2 Å². The average Bonchev–Trinajstić information content (AvgIpc) is 2.42. The van der Waals surface area contributed by atoms with Crippen LogP contribution in [0.3, 0.4) is 0 Å². The summed E-state index contributed by atoms with van der Waals surface area (Å²) >= 11 is 0. The van der Waals surface area contributed by atoms with Crippen molar-refractivity contribution in [3.05, 3.63) is 42.4 Å². The van der Waals surface area contributed by atoms with Gasteiger partial charge in [-0.05, 0) is 6.07 Å². The second kappa shape index (κ2) is 2.73. The quantitative estimate of drug-likeness (QED) is 0.647. The summed E-state index contributed by atoms with van der Waals surface area (Å²) in [7, 11) is 0. The van der Waals surface area contributed by atoms with Crippen LogP contribution < -0.4 is 5.32 Å². The molecular weight excluding hydrogens is 174 g/mol. The third-order valence-electron chi connectivity index (χ3n) is 2.33. The van der Waals surface area contributed by atoms with Crippen LogP contribution in [-0.2, 0) is 0 Å². The summed E-state index contributed by atoms with van der Waals surface area (Å²) in [4.78, 5) is 7.41. The van der Waals surface area contributed by atoms with Crippen molar-refractivity contribution in [1.29, 1.82) is 0 Å². The van der Waals surface area contributed by atoms with Gasteiger partial charge in [0.15, 0.2) is 0 Å². The molecule has 2 heterocycles. The molecule has 1 aromatic heterocycles. The number of hydrogen-bond donors (Lipinski definition) is 2. The molecule has 0 atom stereocenters. The number of nitrogens with zero attached hydrogens (tertiary/aromatic N) is 1. The molecule has 0 saturated carbocycles. The number of anilines is 1. The van der Waals surface area contributed by atoms with E-state index in [1.807, 2.05) is 24.5 Å². The van der Waals surface area contributed by atoms with E-state index in [1.54, 1.807) is 6.20 Å². The zero-order valence-corrected chi connectivity index (χ0v) is 7.49. The number of para-hydroxylation sites is 1. The molecule has 1 aliphatic rings. The summed E-state index contributed by atoms with van der Waals surface area (Å²) in [6.45, 7) is 0. The highest BCUT2D eigenvalue weighted by molar-refractivity contribution is 6.03. The highest BCUT2D eigenvalue weighted by Crippen LogP contribution is 2.27. The minimum absolute atomic E-state index is 1.02. The van der Waals surface area contributed by atoms with E-state index in [2.05, 4.69) is 27.4 Å². The number of aromatic nitrogens is 1. The molecule has 3 rings (SSSR count). The van der Waals surface area contributed by atoms with Crippen LogP contribution in [0.5, 0.6) is 0 Å². The maximum absolute atomic E-state index is 4.11. The molecule has 0 amide bonds. The Balaban J connectivity index is 2.37. The highest BCUT2D eigenvalue weighted by atomic mass is 14.9. The highest BCUT2D eigenvalue weighted by Gasteiger charge is 2.08. The fraction of sp³-hybridized carbons (Fsp3) is 0. The van der Waals surface area contributed by atoms with Crippen LogP contribution in [0.1, 0.15) is 5.69 Å². The summed E-state index contributed by atoms with van der Waals surface area (Å²) < 4.78 is 0. The lowest BCUT2D eigenvalue weighted by molar-refractivity contribution is 1.43. The molecule has 68 valence electrons. The number of benzene rings is 1. The molecule has 0 radical (unpaired) electrons. The fourth-order valence-electron chi connectivity index (χ4n) is 1.70. The van der Waals surface area contributed by atoms with Gasteiger partial charge in [0, 0.05) is 23.3 Å². The molecule has 2 aromatic rings. The number of H-pyrrole nitrogens is 1. The van der Waals surface area contributed by atoms with Gasteiger partial charge in [-0.2, -0.15) is 0 Å². The van der Waals surface area contributed by atoms with E-state index < -0.39 is 0 Å². The zero-order chi connectivity index (χ0) is 9.38. The van der Waals surface area contributed by atoms with Crippen LogP contribution in [0.15, 0.2) is 41.7 Å². The van der Waals surface area contributed by atoms with E-state index in [1.165, 1.54) is 5.39 Å². The van der Waals surface area contributed by atoms with Gasteiger partial charge >= 0.3 is 0 Å². The van der Waals surface area contributed by atoms with Crippen molar-refractivity contribution in [2.45, 2.75) is 0 Å². The van der Waals surface area contributed by atoms with Gasteiger partial charge in [-0.1, -0.05) is 18.2 Å². The first-order chi connectivity index (χ1) is 6.95. The lowest BCUT2D eigenvalue weighted by atomic mass is 10.2. The van der Waals surface area contributed by atoms with E-state index in [0.717, 1.165) is 16.9 Å². The molecule has 1 aromatic carbocycles. The van der Waals surface area contributed by atoms with E-state index >= 15 is 0 Å². The van der Waals surface area contributed by atoms with Crippen LogP contribution in [0.2, 0.25) is 0 Å². The summed E-state index contributed by atoms with van der Waals surface area (Å²) in [6, 6.07) is 8.20. The van der Waals surface area contributed by atoms with E-state index in [4.69, 9.17) is 0 Å². The lowest BCUT2D eigenvalue weighted by Gasteiger charge is -1.97. The van der Waals surface area contributed by atoms with Crippen molar-refractivity contribution in [3.63, 3.8) is 0 Å². The molecule has 3 heteroatoms. The van der Waals surface area contributed by atoms with Crippen molar-refractivity contribution in [2.75, 3.05) is 5.32 Å². The Morgan fingerprint density at radius 3 is 3.07 bits per heavy atom. The second-order valence-corrected chi connectivity index (χ2v) is 3.20. The molecule has 0 fully saturated rings. The molecular formula is C11H9N3. The number of aromatic amines is 1. The number of hydrogen-bond acceptors (Lipinski definition) is 2. The van der Waals surface area contributed by atoms with Gasteiger partial charge in [0.25, 0.3) is 0 Å². The minimum Gasteiger partial charge on any atom is -0.358 e. The van der Waals surface area contributed by atoms with Gasteiger partial charge in [0.05, 0.1) is 17.6 Å². The number of aliphatic imine (C=N–C) groups is 1. The van der Waals surface area contributed by atoms with Crippen LogP contribution >= 0.6 is 0 Å². The van der Waals surface area contributed by atoms with Crippen molar-refractivity contribution < 1.29 is 0 Å². The summed E-state index contributed by atoms with van der Waals surface area (Å²) in [5.41, 5.74) is 3.25. The summed E-state index contributed by atoms with van der Waals surface area (Å²) in [5, 5.41) is 4.41. The van der Waals surface area contributed by atoms with Crippen LogP contribution in [0.4, 0.5) is 5.69 Å². The van der Waals surface area contributed by atoms with Crippen LogP contribution in [0.25, 0.3) is 10.9 Å². The van der Waals surface area contributed by atoms with Gasteiger partial charge in [-0.3, -0.25) is 4.99 Å². The fourth-order valence-corrected chi connectivity index (χ4v) is 1.70. The van der Waals surface area contributed by atoms with Crippen molar-refractivity contribution in [3.8, 4) is 0 Å². The van der Waals surface area contributed by atoms with E-state index in [-0.39, 0.29) is 0 Å². The Morgan fingerprint density at radius 1 is 1.14 bits per heavy atom. The number of nitrogens with one attached hydrogen (secondary N) is 2. The predicted molar refractivity (Wildman–Crippen MR) is 58.7 cm³/mol. The smallest absolute Gasteiger partial charge is 0.0816 e. The standard InChI is InChI=1S/C11H9N3/c1-2-4-9-8(3-1)11-10(14-9)7-12-5-6-13-11/h1-7,13-14H. The van der Waals surface area contributed by atoms with E-state index in [9.17, 15) is 0 Å². The van der Waals surface area contributed by atoms with Gasteiger partial charge in [0.1, 0.15) is 0 Å². The third kappa shape index (κ3) is 0.956. The third-order valence-corrected chi connectivity index (χ3v) is 2.33. The van der Waals surface area contributed by atoms with Crippen molar-refractivity contribution in [1.82, 2.24) is 4.98 Å². The first-order valence-corrected chi connectivity index (χ1v) is 4.50. The Morgan fingerprint density at radius 2 is 2.07 bits per heavy atom. The van der Waals surface area contributed by atoms with Gasteiger partial charge in [-0.15, -0.1) is 0 Å². The normalized spacial score (nSPS) is 13.7. The minimum atomic E-state index is 1.02. The van der Waals surface area contributed by atoms with Crippen molar-refractivity contribution >= 4 is 22.8 Å². The molecule has 0 bridgehead atoms. The Hall–Kier alpha value is -2.03. The summed E-state index contributed by atoms with van der Waals surface area (Å²) in [5.74, 6) is 0. The zero-order valence-electron chi connectivity index (χ0n) is 7.49. The van der Waals surface area contributed by atoms with Crippen LogP contribution in [-0.4, -0.2) is 11.2 Å². The summed E-state index contributed by atoms with van der Waals surface area (Å²) in [6.07, 6.45) is 5.40. The Kier molecular flexibility index (Phi) is 1.44. The topological polar surface area (TPSA) is 40.2 Å². The maximum atomic E-state index is 4.11. The van der Waals surface area contributed by atoms with Gasteiger partial charge < -0.3 is 10.3 Å². The molecule has 1 aliphatic heterocycles. The first kappa shape index (κ1) is 7.38. The number of fused-ring (bicyclic) bond motifs is 3. The average molecular weight is 183 g/mol. The molecule has 0 unspecified atom stereocenters. The first-order valence-electron chi connectivity index (χ1n) is 4.50. The molecule has 0 saturated heterocycles. The largest absolute Gasteiger partial charge is 0.358 e. The van der Waals surface area contributed by atoms with Gasteiger partial charge in [0.2, 0.25) is 0 Å². The molecule has 14 heavy (non-hydrogen) atoms. The van der Waals surface area contributed by atoms with Gasteiger partial charge in [-0.25, -0.2) is 0 Å². The van der Waals surface area contributed by atoms with Crippen LogP contribution in [0, 0.1) is 0 Å². The van der Waals surface area contributed by atoms with E-state index in [0.29, 0.717) is 0 Å². The molecule has 0 spiro atoms. The predicted octanol–water partition coefficient (Wildman–Crippen LogP) is 2.48. The number of rotatable bonds is 0. The molecule has 3 nitrogen and oxygen atoms in total.